The molecule has 0 aliphatic carbocycles. The number of nitrogens with zero attached hydrogens (tertiary/aromatic N) is 4. The molecule has 8 heteroatoms. The first-order chi connectivity index (χ1) is 14.7. The minimum atomic E-state index is 0.470. The standard InChI is InChI=1S/C22H17ClN6S/c23-17-5-3-16(4-6-17)20-14-30-21(28-20)18(12-24)19-8-11-27-22(29-19)26-10-7-15-2-1-9-25-13-15/h1-6,8-9,11,13-14,28H,7,10H2,(H,26,27,29)/b21-18+. The third-order valence-electron chi connectivity index (χ3n) is 4.37. The van der Waals surface area contributed by atoms with Crippen LogP contribution in [0, 0.1) is 11.3 Å². The Balaban J connectivity index is 1.46. The largest absolute Gasteiger partial charge is 0.354 e. The van der Waals surface area contributed by atoms with Crippen molar-refractivity contribution in [2.45, 2.75) is 6.42 Å². The number of allylic oxidation sites excluding steroid dienone is 1. The lowest BCUT2D eigenvalue weighted by atomic mass is 10.1. The zero-order chi connectivity index (χ0) is 20.8. The summed E-state index contributed by atoms with van der Waals surface area (Å²) in [7, 11) is 0. The van der Waals surface area contributed by atoms with Gasteiger partial charge >= 0.3 is 0 Å². The highest BCUT2D eigenvalue weighted by Crippen LogP contribution is 2.34. The molecule has 3 aromatic rings. The highest BCUT2D eigenvalue weighted by molar-refractivity contribution is 8.06. The first kappa shape index (κ1) is 20.0. The van der Waals surface area contributed by atoms with Gasteiger partial charge in [-0.15, -0.1) is 0 Å². The topological polar surface area (TPSA) is 86.5 Å². The molecule has 0 unspecified atom stereocenters. The van der Waals surface area contributed by atoms with Crippen LogP contribution in [-0.2, 0) is 6.42 Å². The number of benzene rings is 1. The van der Waals surface area contributed by atoms with Crippen LogP contribution < -0.4 is 10.6 Å². The molecule has 148 valence electrons. The Morgan fingerprint density at radius 3 is 2.80 bits per heavy atom. The number of rotatable bonds is 6. The molecule has 2 N–H and O–H groups in total. The molecule has 3 heterocycles. The molecule has 0 amide bonds. The zero-order valence-corrected chi connectivity index (χ0v) is 17.4. The van der Waals surface area contributed by atoms with Crippen LogP contribution in [0.4, 0.5) is 5.95 Å². The second-order valence-electron chi connectivity index (χ2n) is 6.40. The molecular formula is C22H17ClN6S. The molecule has 0 fully saturated rings. The highest BCUT2D eigenvalue weighted by atomic mass is 35.5. The highest BCUT2D eigenvalue weighted by Gasteiger charge is 2.18. The number of pyridine rings is 1. The van der Waals surface area contributed by atoms with Gasteiger partial charge in [0, 0.05) is 35.6 Å². The Kier molecular flexibility index (Phi) is 6.28. The molecule has 0 radical (unpaired) electrons. The van der Waals surface area contributed by atoms with E-state index in [0.29, 0.717) is 28.8 Å². The summed E-state index contributed by atoms with van der Waals surface area (Å²) in [5, 5.41) is 19.7. The second kappa shape index (κ2) is 9.44. The summed E-state index contributed by atoms with van der Waals surface area (Å²) in [5.74, 6) is 0.485. The molecule has 1 aliphatic heterocycles. The lowest BCUT2D eigenvalue weighted by Gasteiger charge is -2.09. The van der Waals surface area contributed by atoms with Gasteiger partial charge in [-0.05, 0) is 41.8 Å². The fourth-order valence-corrected chi connectivity index (χ4v) is 3.86. The number of aromatic nitrogens is 3. The number of nitrogens with one attached hydrogen (secondary N) is 2. The summed E-state index contributed by atoms with van der Waals surface area (Å²) in [6.45, 7) is 0.670. The van der Waals surface area contributed by atoms with Crippen molar-refractivity contribution in [1.29, 1.82) is 5.26 Å². The van der Waals surface area contributed by atoms with E-state index in [9.17, 15) is 5.26 Å². The monoisotopic (exact) mass is 432 g/mol. The number of anilines is 1. The average Bonchev–Trinajstić information content (AvgIpc) is 3.26. The fraction of sp³-hybridized carbons (Fsp3) is 0.0909. The minimum absolute atomic E-state index is 0.470. The van der Waals surface area contributed by atoms with Gasteiger partial charge < -0.3 is 10.6 Å². The van der Waals surface area contributed by atoms with E-state index < -0.39 is 0 Å². The number of halogens is 1. The van der Waals surface area contributed by atoms with Gasteiger partial charge in [0.15, 0.2) is 0 Å². The third kappa shape index (κ3) is 4.79. The lowest BCUT2D eigenvalue weighted by molar-refractivity contribution is 0.971. The van der Waals surface area contributed by atoms with E-state index in [4.69, 9.17) is 11.6 Å². The SMILES string of the molecule is N#C/C(=C1/NC(c2ccc(Cl)cc2)=CS1)c1ccnc(NCCc2cccnc2)n1. The maximum atomic E-state index is 9.76. The molecule has 0 saturated carbocycles. The van der Waals surface area contributed by atoms with Crippen LogP contribution in [0.1, 0.15) is 16.8 Å². The van der Waals surface area contributed by atoms with Gasteiger partial charge in [0.25, 0.3) is 0 Å². The molecule has 1 aliphatic rings. The number of hydrogen-bond acceptors (Lipinski definition) is 7. The minimum Gasteiger partial charge on any atom is -0.354 e. The Hall–Kier alpha value is -3.34. The first-order valence-corrected chi connectivity index (χ1v) is 10.5. The molecular weight excluding hydrogens is 416 g/mol. The molecule has 0 saturated heterocycles. The van der Waals surface area contributed by atoms with Gasteiger partial charge in [0.2, 0.25) is 5.95 Å². The molecule has 4 rings (SSSR count). The van der Waals surface area contributed by atoms with Crippen molar-refractivity contribution in [2.24, 2.45) is 0 Å². The summed E-state index contributed by atoms with van der Waals surface area (Å²) in [4.78, 5) is 12.9. The van der Waals surface area contributed by atoms with E-state index in [0.717, 1.165) is 28.3 Å². The van der Waals surface area contributed by atoms with Crippen molar-refractivity contribution in [3.8, 4) is 6.07 Å². The van der Waals surface area contributed by atoms with E-state index in [1.54, 1.807) is 18.5 Å². The molecule has 0 spiro atoms. The maximum Gasteiger partial charge on any atom is 0.223 e. The molecule has 30 heavy (non-hydrogen) atoms. The number of thioether (sulfide) groups is 1. The average molecular weight is 433 g/mol. The predicted octanol–water partition coefficient (Wildman–Crippen LogP) is 4.71. The molecule has 2 aromatic heterocycles. The van der Waals surface area contributed by atoms with E-state index >= 15 is 0 Å². The quantitative estimate of drug-likeness (QED) is 0.545. The Morgan fingerprint density at radius 2 is 2.03 bits per heavy atom. The van der Waals surface area contributed by atoms with Gasteiger partial charge in [0.1, 0.15) is 11.6 Å². The van der Waals surface area contributed by atoms with Crippen LogP contribution in [0.15, 0.2) is 71.5 Å². The summed E-state index contributed by atoms with van der Waals surface area (Å²) in [5.41, 5.74) is 4.09. The fourth-order valence-electron chi connectivity index (χ4n) is 2.86. The summed E-state index contributed by atoms with van der Waals surface area (Å²) in [6.07, 6.45) is 6.05. The van der Waals surface area contributed by atoms with Crippen LogP contribution in [0.25, 0.3) is 11.3 Å². The van der Waals surface area contributed by atoms with Gasteiger partial charge in [-0.3, -0.25) is 4.98 Å². The zero-order valence-electron chi connectivity index (χ0n) is 15.8. The van der Waals surface area contributed by atoms with E-state index in [1.807, 2.05) is 48.0 Å². The van der Waals surface area contributed by atoms with Gasteiger partial charge in [-0.25, -0.2) is 9.97 Å². The Labute approximate surface area is 183 Å². The van der Waals surface area contributed by atoms with Crippen molar-refractivity contribution in [2.75, 3.05) is 11.9 Å². The van der Waals surface area contributed by atoms with Crippen molar-refractivity contribution in [3.05, 3.63) is 93.3 Å². The van der Waals surface area contributed by atoms with Crippen molar-refractivity contribution in [1.82, 2.24) is 20.3 Å². The second-order valence-corrected chi connectivity index (χ2v) is 7.72. The van der Waals surface area contributed by atoms with Crippen LogP contribution in [0.5, 0.6) is 0 Å². The van der Waals surface area contributed by atoms with E-state index in [2.05, 4.69) is 31.7 Å². The maximum absolute atomic E-state index is 9.76. The molecule has 0 bridgehead atoms. The van der Waals surface area contributed by atoms with Crippen LogP contribution in [0.2, 0.25) is 5.02 Å². The predicted molar refractivity (Wildman–Crippen MR) is 121 cm³/mol. The summed E-state index contributed by atoms with van der Waals surface area (Å²) in [6, 6.07) is 15.5. The van der Waals surface area contributed by atoms with Gasteiger partial charge in [0.05, 0.1) is 16.4 Å². The van der Waals surface area contributed by atoms with Gasteiger partial charge in [-0.2, -0.15) is 5.26 Å². The smallest absolute Gasteiger partial charge is 0.223 e. The number of nitriles is 1. The lowest BCUT2D eigenvalue weighted by Crippen LogP contribution is -2.10. The van der Waals surface area contributed by atoms with Crippen molar-refractivity contribution in [3.63, 3.8) is 0 Å². The first-order valence-electron chi connectivity index (χ1n) is 9.23. The van der Waals surface area contributed by atoms with Crippen LogP contribution in [0.3, 0.4) is 0 Å². The van der Waals surface area contributed by atoms with Crippen LogP contribution >= 0.6 is 23.4 Å². The molecule has 1 aromatic carbocycles. The van der Waals surface area contributed by atoms with E-state index in [-0.39, 0.29) is 0 Å². The molecule has 6 nitrogen and oxygen atoms in total. The Morgan fingerprint density at radius 1 is 1.17 bits per heavy atom. The van der Waals surface area contributed by atoms with Gasteiger partial charge in [-0.1, -0.05) is 41.6 Å². The van der Waals surface area contributed by atoms with Crippen molar-refractivity contribution < 1.29 is 0 Å². The Bertz CT molecular complexity index is 1140. The summed E-state index contributed by atoms with van der Waals surface area (Å²) < 4.78 is 0. The normalized spacial score (nSPS) is 14.5. The summed E-state index contributed by atoms with van der Waals surface area (Å²) >= 11 is 7.43. The number of hydrogen-bond donors (Lipinski definition) is 2. The van der Waals surface area contributed by atoms with Crippen LogP contribution in [-0.4, -0.2) is 21.5 Å². The van der Waals surface area contributed by atoms with E-state index in [1.165, 1.54) is 11.8 Å². The van der Waals surface area contributed by atoms with Crippen molar-refractivity contribution >= 4 is 40.6 Å². The molecule has 0 atom stereocenters. The third-order valence-corrected chi connectivity index (χ3v) is 5.52.